The van der Waals surface area contributed by atoms with Crippen molar-refractivity contribution in [1.29, 1.82) is 0 Å². The number of nitrogens with zero attached hydrogens (tertiary/aromatic N) is 3. The first-order valence-electron chi connectivity index (χ1n) is 8.16. The smallest absolute Gasteiger partial charge is 0.138 e. The summed E-state index contributed by atoms with van der Waals surface area (Å²) in [5.74, 6) is 1.61. The molecule has 2 aromatic rings. The Morgan fingerprint density at radius 3 is 3.09 bits per heavy atom. The number of anilines is 1. The predicted octanol–water partition coefficient (Wildman–Crippen LogP) is 2.60. The zero-order valence-corrected chi connectivity index (χ0v) is 13.5. The van der Waals surface area contributed by atoms with Crippen LogP contribution in [0.15, 0.2) is 17.8 Å². The summed E-state index contributed by atoms with van der Waals surface area (Å²) in [4.78, 5) is 12.5. The minimum absolute atomic E-state index is 0.550. The third kappa shape index (κ3) is 2.83. The lowest BCUT2D eigenvalue weighted by molar-refractivity contribution is 0.142. The summed E-state index contributed by atoms with van der Waals surface area (Å²) >= 11 is 1.66. The van der Waals surface area contributed by atoms with Gasteiger partial charge in [0.1, 0.15) is 17.0 Å². The normalized spacial score (nSPS) is 24.1. The minimum atomic E-state index is 0.550. The molecule has 2 unspecified atom stereocenters. The summed E-state index contributed by atoms with van der Waals surface area (Å²) in [5, 5.41) is 6.80. The standard InChI is InChI=1S/C16H22N4OS/c1-2-6-20(5-1)14(12-3-7-21-10-12)9-17-15-13-4-8-22-16(13)19-11-18-15/h4,8,11-12,14H,1-3,5-7,9-10H2,(H,17,18,19). The number of fused-ring (bicyclic) bond motifs is 1. The monoisotopic (exact) mass is 318 g/mol. The Bertz CT molecular complexity index is 603. The molecule has 2 saturated heterocycles. The van der Waals surface area contributed by atoms with Gasteiger partial charge < -0.3 is 10.1 Å². The highest BCUT2D eigenvalue weighted by Crippen LogP contribution is 2.27. The molecule has 2 atom stereocenters. The molecule has 0 aliphatic carbocycles. The molecule has 0 saturated carbocycles. The molecule has 1 N–H and O–H groups in total. The zero-order chi connectivity index (χ0) is 14.8. The Morgan fingerprint density at radius 1 is 1.36 bits per heavy atom. The fourth-order valence-electron chi connectivity index (χ4n) is 3.66. The molecule has 2 aliphatic rings. The summed E-state index contributed by atoms with van der Waals surface area (Å²) in [6.07, 6.45) is 5.49. The van der Waals surface area contributed by atoms with E-state index in [2.05, 4.69) is 31.6 Å². The van der Waals surface area contributed by atoms with Crippen LogP contribution in [-0.4, -0.2) is 53.8 Å². The predicted molar refractivity (Wildman–Crippen MR) is 89.4 cm³/mol. The molecule has 5 nitrogen and oxygen atoms in total. The van der Waals surface area contributed by atoms with E-state index in [4.69, 9.17) is 4.74 Å². The van der Waals surface area contributed by atoms with Gasteiger partial charge in [0.05, 0.1) is 12.0 Å². The van der Waals surface area contributed by atoms with E-state index in [0.29, 0.717) is 12.0 Å². The maximum absolute atomic E-state index is 5.63. The van der Waals surface area contributed by atoms with Crippen molar-refractivity contribution in [3.63, 3.8) is 0 Å². The van der Waals surface area contributed by atoms with Crippen LogP contribution in [0.3, 0.4) is 0 Å². The molecule has 0 aromatic carbocycles. The topological polar surface area (TPSA) is 50.3 Å². The average molecular weight is 318 g/mol. The summed E-state index contributed by atoms with van der Waals surface area (Å²) in [7, 11) is 0. The van der Waals surface area contributed by atoms with Gasteiger partial charge in [0, 0.05) is 25.1 Å². The van der Waals surface area contributed by atoms with E-state index in [9.17, 15) is 0 Å². The number of aromatic nitrogens is 2. The first-order valence-corrected chi connectivity index (χ1v) is 9.03. The Kier molecular flexibility index (Phi) is 4.23. The number of ether oxygens (including phenoxy) is 1. The van der Waals surface area contributed by atoms with Crippen LogP contribution in [0.2, 0.25) is 0 Å². The molecule has 4 rings (SSSR count). The third-order valence-corrected chi connectivity index (χ3v) is 5.68. The van der Waals surface area contributed by atoms with Gasteiger partial charge in [0.15, 0.2) is 0 Å². The van der Waals surface area contributed by atoms with Crippen molar-refractivity contribution in [2.75, 3.05) is 38.2 Å². The van der Waals surface area contributed by atoms with Crippen molar-refractivity contribution < 1.29 is 4.74 Å². The van der Waals surface area contributed by atoms with Gasteiger partial charge in [-0.25, -0.2) is 9.97 Å². The highest BCUT2D eigenvalue weighted by Gasteiger charge is 2.31. The molecule has 0 bridgehead atoms. The third-order valence-electron chi connectivity index (χ3n) is 4.86. The molecular formula is C16H22N4OS. The van der Waals surface area contributed by atoms with Gasteiger partial charge in [-0.05, 0) is 43.8 Å². The highest BCUT2D eigenvalue weighted by atomic mass is 32.1. The number of nitrogens with one attached hydrogen (secondary N) is 1. The fourth-order valence-corrected chi connectivity index (χ4v) is 4.39. The van der Waals surface area contributed by atoms with E-state index in [1.165, 1.54) is 32.4 Å². The lowest BCUT2D eigenvalue weighted by Crippen LogP contribution is -2.44. The van der Waals surface area contributed by atoms with Crippen LogP contribution in [0.25, 0.3) is 10.2 Å². The average Bonchev–Trinajstić information content (AvgIpc) is 3.30. The molecule has 2 fully saturated rings. The zero-order valence-electron chi connectivity index (χ0n) is 12.7. The second-order valence-electron chi connectivity index (χ2n) is 6.18. The van der Waals surface area contributed by atoms with Crippen LogP contribution in [0.5, 0.6) is 0 Å². The van der Waals surface area contributed by atoms with Crippen LogP contribution in [0, 0.1) is 5.92 Å². The summed E-state index contributed by atoms with van der Waals surface area (Å²) < 4.78 is 5.63. The number of rotatable bonds is 5. The maximum Gasteiger partial charge on any atom is 0.138 e. The molecule has 4 heterocycles. The van der Waals surface area contributed by atoms with Crippen LogP contribution < -0.4 is 5.32 Å². The molecule has 2 aliphatic heterocycles. The van der Waals surface area contributed by atoms with E-state index in [-0.39, 0.29) is 0 Å². The molecule has 6 heteroatoms. The Balaban J connectivity index is 1.50. The first kappa shape index (κ1) is 14.4. The largest absolute Gasteiger partial charge is 0.381 e. The van der Waals surface area contributed by atoms with Gasteiger partial charge in [-0.2, -0.15) is 0 Å². The van der Waals surface area contributed by atoms with Crippen molar-refractivity contribution in [2.24, 2.45) is 5.92 Å². The second kappa shape index (κ2) is 6.48. The van der Waals surface area contributed by atoms with Gasteiger partial charge in [0.25, 0.3) is 0 Å². The quantitative estimate of drug-likeness (QED) is 0.918. The molecule has 0 radical (unpaired) electrons. The van der Waals surface area contributed by atoms with Crippen LogP contribution in [0.4, 0.5) is 5.82 Å². The van der Waals surface area contributed by atoms with E-state index in [1.807, 2.05) is 0 Å². The molecule has 118 valence electrons. The second-order valence-corrected chi connectivity index (χ2v) is 7.07. The molecule has 2 aromatic heterocycles. The summed E-state index contributed by atoms with van der Waals surface area (Å²) in [6, 6.07) is 2.65. The van der Waals surface area contributed by atoms with Gasteiger partial charge >= 0.3 is 0 Å². The van der Waals surface area contributed by atoms with Crippen molar-refractivity contribution in [2.45, 2.75) is 25.3 Å². The lowest BCUT2D eigenvalue weighted by atomic mass is 9.97. The van der Waals surface area contributed by atoms with E-state index < -0.39 is 0 Å². The molecular weight excluding hydrogens is 296 g/mol. The van der Waals surface area contributed by atoms with Gasteiger partial charge in [-0.15, -0.1) is 11.3 Å². The van der Waals surface area contributed by atoms with Gasteiger partial charge in [0.2, 0.25) is 0 Å². The SMILES string of the molecule is c1nc(NCC(C2CCOC2)N2CCCC2)c2ccsc2n1. The molecule has 0 spiro atoms. The number of hydrogen-bond donors (Lipinski definition) is 1. The number of likely N-dealkylation sites (tertiary alicyclic amines) is 1. The summed E-state index contributed by atoms with van der Waals surface area (Å²) in [5.41, 5.74) is 0. The van der Waals surface area contributed by atoms with Crippen molar-refractivity contribution in [3.8, 4) is 0 Å². The van der Waals surface area contributed by atoms with Gasteiger partial charge in [-0.1, -0.05) is 0 Å². The number of hydrogen-bond acceptors (Lipinski definition) is 6. The minimum Gasteiger partial charge on any atom is -0.381 e. The lowest BCUT2D eigenvalue weighted by Gasteiger charge is -2.32. The highest BCUT2D eigenvalue weighted by molar-refractivity contribution is 7.16. The Morgan fingerprint density at radius 2 is 2.27 bits per heavy atom. The van der Waals surface area contributed by atoms with E-state index in [0.717, 1.165) is 35.8 Å². The van der Waals surface area contributed by atoms with Gasteiger partial charge in [-0.3, -0.25) is 4.90 Å². The van der Waals surface area contributed by atoms with Crippen molar-refractivity contribution in [3.05, 3.63) is 17.8 Å². The van der Waals surface area contributed by atoms with E-state index >= 15 is 0 Å². The fraction of sp³-hybridized carbons (Fsp3) is 0.625. The Hall–Kier alpha value is -1.24. The Labute approximate surface area is 134 Å². The number of thiophene rings is 1. The first-order chi connectivity index (χ1) is 10.9. The van der Waals surface area contributed by atoms with Crippen LogP contribution in [-0.2, 0) is 4.74 Å². The molecule has 22 heavy (non-hydrogen) atoms. The van der Waals surface area contributed by atoms with Crippen LogP contribution in [0.1, 0.15) is 19.3 Å². The molecule has 0 amide bonds. The van der Waals surface area contributed by atoms with Crippen molar-refractivity contribution in [1.82, 2.24) is 14.9 Å². The van der Waals surface area contributed by atoms with E-state index in [1.54, 1.807) is 17.7 Å². The van der Waals surface area contributed by atoms with Crippen LogP contribution >= 0.6 is 11.3 Å². The summed E-state index contributed by atoms with van der Waals surface area (Å²) in [6.45, 7) is 5.20. The maximum atomic E-state index is 5.63. The van der Waals surface area contributed by atoms with Crippen molar-refractivity contribution >= 4 is 27.4 Å².